The number of hydrogen-bond acceptors (Lipinski definition) is 3. The first-order valence-electron chi connectivity index (χ1n) is 8.55. The molecule has 2 rings (SSSR count). The van der Waals surface area contributed by atoms with Crippen LogP contribution in [0.15, 0.2) is 36.4 Å². The number of nitrogens with one attached hydrogen (secondary N) is 1. The van der Waals surface area contributed by atoms with Crippen LogP contribution < -0.4 is 14.8 Å². The molecule has 4 heteroatoms. The van der Waals surface area contributed by atoms with Crippen LogP contribution in [0.25, 0.3) is 0 Å². The Bertz CT molecular complexity index is 740. The molecule has 1 N–H and O–H groups in total. The smallest absolute Gasteiger partial charge is 0.224 e. The Balaban J connectivity index is 2.13. The number of carbonyl (C=O) groups excluding carboxylic acids is 1. The van der Waals surface area contributed by atoms with E-state index in [-0.39, 0.29) is 11.9 Å². The first kappa shape index (κ1) is 18.8. The molecular formula is C21H27NO3. The van der Waals surface area contributed by atoms with Gasteiger partial charge in [-0.15, -0.1) is 0 Å². The van der Waals surface area contributed by atoms with Gasteiger partial charge < -0.3 is 14.8 Å². The molecule has 1 unspecified atom stereocenters. The number of ether oxygens (including phenoxy) is 2. The van der Waals surface area contributed by atoms with Crippen molar-refractivity contribution in [3.8, 4) is 11.5 Å². The van der Waals surface area contributed by atoms with Gasteiger partial charge >= 0.3 is 0 Å². The van der Waals surface area contributed by atoms with Crippen LogP contribution in [-0.2, 0) is 11.2 Å². The number of methoxy groups -OCH3 is 2. The SMILES string of the molecule is CCC(NC(=O)Cc1cc(C)ccc1C)c1ccc(OC)c(OC)c1. The molecule has 0 aliphatic heterocycles. The summed E-state index contributed by atoms with van der Waals surface area (Å²) in [6.07, 6.45) is 1.19. The second-order valence-electron chi connectivity index (χ2n) is 6.25. The number of hydrogen-bond donors (Lipinski definition) is 1. The van der Waals surface area contributed by atoms with Gasteiger partial charge in [0.15, 0.2) is 11.5 Å². The highest BCUT2D eigenvalue weighted by Gasteiger charge is 2.16. The summed E-state index contributed by atoms with van der Waals surface area (Å²) in [7, 11) is 3.22. The maximum absolute atomic E-state index is 12.5. The van der Waals surface area contributed by atoms with Gasteiger partial charge in [-0.25, -0.2) is 0 Å². The molecule has 0 fully saturated rings. The molecular weight excluding hydrogens is 314 g/mol. The Kier molecular flexibility index (Phi) is 6.45. The molecule has 25 heavy (non-hydrogen) atoms. The Labute approximate surface area is 150 Å². The van der Waals surface area contributed by atoms with Gasteiger partial charge in [-0.05, 0) is 49.1 Å². The zero-order valence-electron chi connectivity index (χ0n) is 15.7. The molecule has 0 saturated heterocycles. The van der Waals surface area contributed by atoms with E-state index in [2.05, 4.69) is 30.4 Å². The van der Waals surface area contributed by atoms with E-state index < -0.39 is 0 Å². The Hall–Kier alpha value is -2.49. The second kappa shape index (κ2) is 8.56. The maximum atomic E-state index is 12.5. The third kappa shape index (κ3) is 4.75. The molecule has 1 amide bonds. The van der Waals surface area contributed by atoms with Crippen molar-refractivity contribution in [2.75, 3.05) is 14.2 Å². The van der Waals surface area contributed by atoms with Crippen LogP contribution in [0.4, 0.5) is 0 Å². The van der Waals surface area contributed by atoms with Crippen molar-refractivity contribution in [1.82, 2.24) is 5.32 Å². The van der Waals surface area contributed by atoms with Crippen LogP contribution in [-0.4, -0.2) is 20.1 Å². The summed E-state index contributed by atoms with van der Waals surface area (Å²) in [5.41, 5.74) is 4.38. The zero-order chi connectivity index (χ0) is 18.4. The monoisotopic (exact) mass is 341 g/mol. The summed E-state index contributed by atoms with van der Waals surface area (Å²) >= 11 is 0. The number of benzene rings is 2. The van der Waals surface area contributed by atoms with Crippen molar-refractivity contribution >= 4 is 5.91 Å². The van der Waals surface area contributed by atoms with Crippen LogP contribution in [0, 0.1) is 13.8 Å². The van der Waals surface area contributed by atoms with E-state index in [1.54, 1.807) is 14.2 Å². The maximum Gasteiger partial charge on any atom is 0.224 e. The fraction of sp³-hybridized carbons (Fsp3) is 0.381. The number of rotatable bonds is 7. The van der Waals surface area contributed by atoms with Gasteiger partial charge in [0.1, 0.15) is 0 Å². The molecule has 134 valence electrons. The molecule has 0 aliphatic carbocycles. The van der Waals surface area contributed by atoms with Crippen molar-refractivity contribution in [3.63, 3.8) is 0 Å². The van der Waals surface area contributed by atoms with Crippen LogP contribution in [0.3, 0.4) is 0 Å². The summed E-state index contributed by atoms with van der Waals surface area (Å²) < 4.78 is 10.6. The normalized spacial score (nSPS) is 11.7. The van der Waals surface area contributed by atoms with Gasteiger partial charge in [0.25, 0.3) is 0 Å². The lowest BCUT2D eigenvalue weighted by Crippen LogP contribution is -2.29. The van der Waals surface area contributed by atoms with E-state index in [1.807, 2.05) is 32.0 Å². The first-order valence-corrected chi connectivity index (χ1v) is 8.55. The van der Waals surface area contributed by atoms with Gasteiger partial charge in [0.2, 0.25) is 5.91 Å². The molecule has 0 radical (unpaired) electrons. The van der Waals surface area contributed by atoms with Gasteiger partial charge in [-0.1, -0.05) is 36.8 Å². The van der Waals surface area contributed by atoms with Crippen molar-refractivity contribution in [1.29, 1.82) is 0 Å². The Morgan fingerprint density at radius 3 is 2.40 bits per heavy atom. The summed E-state index contributed by atoms with van der Waals surface area (Å²) in [5.74, 6) is 1.38. The first-order chi connectivity index (χ1) is 12.0. The molecule has 0 bridgehead atoms. The van der Waals surface area contributed by atoms with Crippen molar-refractivity contribution < 1.29 is 14.3 Å². The lowest BCUT2D eigenvalue weighted by atomic mass is 10.0. The predicted molar refractivity (Wildman–Crippen MR) is 100 cm³/mol. The highest BCUT2D eigenvalue weighted by atomic mass is 16.5. The second-order valence-corrected chi connectivity index (χ2v) is 6.25. The van der Waals surface area contributed by atoms with E-state index in [0.29, 0.717) is 17.9 Å². The molecule has 1 atom stereocenters. The molecule has 0 heterocycles. The Morgan fingerprint density at radius 1 is 1.04 bits per heavy atom. The summed E-state index contributed by atoms with van der Waals surface area (Å²) in [6.45, 7) is 6.13. The molecule has 0 aromatic heterocycles. The summed E-state index contributed by atoms with van der Waals surface area (Å²) in [6, 6.07) is 11.9. The molecule has 0 saturated carbocycles. The fourth-order valence-electron chi connectivity index (χ4n) is 2.90. The predicted octanol–water partition coefficient (Wildman–Crippen LogP) is 4.13. The standard InChI is InChI=1S/C21H27NO3/c1-6-18(16-9-10-19(24-4)20(12-16)25-5)22-21(23)13-17-11-14(2)7-8-15(17)3/h7-12,18H,6,13H2,1-5H3,(H,22,23). The van der Waals surface area contributed by atoms with Crippen LogP contribution in [0.5, 0.6) is 11.5 Å². The van der Waals surface area contributed by atoms with E-state index in [4.69, 9.17) is 9.47 Å². The minimum absolute atomic E-state index is 0.0235. The van der Waals surface area contributed by atoms with Crippen LogP contribution in [0.2, 0.25) is 0 Å². The van der Waals surface area contributed by atoms with Gasteiger partial charge in [0, 0.05) is 0 Å². The number of aryl methyl sites for hydroxylation is 2. The Morgan fingerprint density at radius 2 is 1.76 bits per heavy atom. The number of amides is 1. The molecule has 4 nitrogen and oxygen atoms in total. The quantitative estimate of drug-likeness (QED) is 0.824. The molecule has 2 aromatic carbocycles. The minimum Gasteiger partial charge on any atom is -0.493 e. The van der Waals surface area contributed by atoms with E-state index in [0.717, 1.165) is 23.1 Å². The zero-order valence-corrected chi connectivity index (χ0v) is 15.7. The van der Waals surface area contributed by atoms with Gasteiger partial charge in [-0.2, -0.15) is 0 Å². The minimum atomic E-state index is -0.0579. The lowest BCUT2D eigenvalue weighted by molar-refractivity contribution is -0.121. The topological polar surface area (TPSA) is 47.6 Å². The van der Waals surface area contributed by atoms with Gasteiger partial charge in [-0.3, -0.25) is 4.79 Å². The third-order valence-corrected chi connectivity index (χ3v) is 4.41. The van der Waals surface area contributed by atoms with Crippen LogP contribution >= 0.6 is 0 Å². The highest BCUT2D eigenvalue weighted by molar-refractivity contribution is 5.79. The molecule has 0 aliphatic rings. The lowest BCUT2D eigenvalue weighted by Gasteiger charge is -2.19. The van der Waals surface area contributed by atoms with E-state index in [1.165, 1.54) is 5.56 Å². The fourth-order valence-corrected chi connectivity index (χ4v) is 2.90. The number of carbonyl (C=O) groups is 1. The molecule has 2 aromatic rings. The van der Waals surface area contributed by atoms with Crippen molar-refractivity contribution in [2.45, 2.75) is 39.7 Å². The van der Waals surface area contributed by atoms with Crippen LogP contribution in [0.1, 0.15) is 41.6 Å². The largest absolute Gasteiger partial charge is 0.493 e. The summed E-state index contributed by atoms with van der Waals surface area (Å²) in [4.78, 5) is 12.5. The molecule has 0 spiro atoms. The summed E-state index contributed by atoms with van der Waals surface area (Å²) in [5, 5.41) is 3.13. The average Bonchev–Trinajstić information content (AvgIpc) is 2.62. The van der Waals surface area contributed by atoms with E-state index >= 15 is 0 Å². The van der Waals surface area contributed by atoms with Crippen molar-refractivity contribution in [3.05, 3.63) is 58.7 Å². The average molecular weight is 341 g/mol. The van der Waals surface area contributed by atoms with Crippen molar-refractivity contribution in [2.24, 2.45) is 0 Å². The van der Waals surface area contributed by atoms with Gasteiger partial charge in [0.05, 0.1) is 26.7 Å². The third-order valence-electron chi connectivity index (χ3n) is 4.41. The highest BCUT2D eigenvalue weighted by Crippen LogP contribution is 2.30. The van der Waals surface area contributed by atoms with E-state index in [9.17, 15) is 4.79 Å².